The summed E-state index contributed by atoms with van der Waals surface area (Å²) in [5.41, 5.74) is 5.32. The third kappa shape index (κ3) is 6.09. The Hall–Kier alpha value is -3.49. The Balaban J connectivity index is 1.44. The predicted octanol–water partition coefficient (Wildman–Crippen LogP) is 8.63. The monoisotopic (exact) mass is 514 g/mol. The number of hydrogen-bond donors (Lipinski definition) is 1. The second kappa shape index (κ2) is 10.1. The molecule has 0 aromatic heterocycles. The summed E-state index contributed by atoms with van der Waals surface area (Å²) in [4.78, 5) is 0. The lowest BCUT2D eigenvalue weighted by molar-refractivity contribution is 0.393. The van der Waals surface area contributed by atoms with Gasteiger partial charge in [0.05, 0.1) is 6.66 Å². The van der Waals surface area contributed by atoms with Crippen LogP contribution in [-0.4, -0.2) is 11.8 Å². The van der Waals surface area contributed by atoms with Crippen molar-refractivity contribution in [2.24, 2.45) is 0 Å². The first-order valence-electron chi connectivity index (χ1n) is 12.4. The maximum Gasteiger partial charge on any atom is 0.427 e. The first kappa shape index (κ1) is 26.6. The number of aryl methyl sites for hydroxylation is 1. The molecule has 1 N–H and O–H groups in total. The summed E-state index contributed by atoms with van der Waals surface area (Å²) in [5.74, 6) is 1.22. The van der Waals surface area contributed by atoms with Crippen LogP contribution in [0.5, 0.6) is 17.2 Å². The molecule has 4 aromatic rings. The highest BCUT2D eigenvalue weighted by atomic mass is 31.2. The first-order valence-corrected chi connectivity index (χ1v) is 14.4. The number of hydrogen-bond acceptors (Lipinski definition) is 4. The minimum absolute atomic E-state index is 0.172. The summed E-state index contributed by atoms with van der Waals surface area (Å²) in [6.07, 6.45) is 0. The van der Waals surface area contributed by atoms with Crippen LogP contribution in [0.3, 0.4) is 0 Å². The maximum atomic E-state index is 13.2. The fraction of sp³-hybridized carbons (Fsp3) is 0.250. The lowest BCUT2D eigenvalue weighted by atomic mass is 9.78. The summed E-state index contributed by atoms with van der Waals surface area (Å²) in [6.45, 7) is 12.2. The van der Waals surface area contributed by atoms with E-state index in [0.29, 0.717) is 11.5 Å². The molecule has 0 saturated heterocycles. The highest BCUT2D eigenvalue weighted by molar-refractivity contribution is 7.53. The van der Waals surface area contributed by atoms with Crippen LogP contribution in [0.25, 0.3) is 0 Å². The Morgan fingerprint density at radius 2 is 0.865 bits per heavy atom. The molecule has 0 heterocycles. The number of phenols is 1. The number of phenolic OH excluding ortho intramolecular Hbond substituents is 1. The van der Waals surface area contributed by atoms with E-state index in [1.165, 1.54) is 17.8 Å². The van der Waals surface area contributed by atoms with E-state index in [9.17, 15) is 9.67 Å². The van der Waals surface area contributed by atoms with Crippen LogP contribution < -0.4 is 9.05 Å². The van der Waals surface area contributed by atoms with Gasteiger partial charge in [0, 0.05) is 10.8 Å². The van der Waals surface area contributed by atoms with Gasteiger partial charge in [-0.2, -0.15) is 0 Å². The van der Waals surface area contributed by atoms with Crippen LogP contribution in [0.15, 0.2) is 97.1 Å². The van der Waals surface area contributed by atoms with E-state index in [4.69, 9.17) is 9.05 Å². The van der Waals surface area contributed by atoms with Crippen LogP contribution in [-0.2, 0) is 15.4 Å². The molecule has 4 nitrogen and oxygen atoms in total. The lowest BCUT2D eigenvalue weighted by Gasteiger charge is -2.27. The SMILES string of the molecule is Cc1ccc(C(C)(C)c2ccc(OP(C)(=O)Oc3ccc(C(C)(C)c4ccc(O)cc4)cc3)cc2)cc1. The van der Waals surface area contributed by atoms with Gasteiger partial charge in [-0.25, -0.2) is 4.57 Å². The minimum atomic E-state index is -3.40. The van der Waals surface area contributed by atoms with Gasteiger partial charge in [0.1, 0.15) is 17.2 Å². The minimum Gasteiger partial charge on any atom is -0.508 e. The van der Waals surface area contributed by atoms with Crippen molar-refractivity contribution >= 4 is 7.60 Å². The number of rotatable bonds is 8. The van der Waals surface area contributed by atoms with Crippen molar-refractivity contribution in [3.63, 3.8) is 0 Å². The Labute approximate surface area is 220 Å². The van der Waals surface area contributed by atoms with Gasteiger partial charge in [0.25, 0.3) is 0 Å². The summed E-state index contributed by atoms with van der Waals surface area (Å²) in [6, 6.07) is 31.0. The number of aromatic hydroxyl groups is 1. The largest absolute Gasteiger partial charge is 0.508 e. The van der Waals surface area contributed by atoms with Gasteiger partial charge in [-0.15, -0.1) is 0 Å². The molecule has 0 bridgehead atoms. The molecular weight excluding hydrogens is 479 g/mol. The Morgan fingerprint density at radius 1 is 0.568 bits per heavy atom. The zero-order chi connectivity index (χ0) is 26.8. The van der Waals surface area contributed by atoms with Crippen molar-refractivity contribution in [3.8, 4) is 17.2 Å². The van der Waals surface area contributed by atoms with Gasteiger partial charge in [0.2, 0.25) is 0 Å². The molecule has 4 rings (SSSR count). The number of benzene rings is 4. The highest BCUT2D eigenvalue weighted by Crippen LogP contribution is 2.46. The molecule has 1 unspecified atom stereocenters. The van der Waals surface area contributed by atoms with E-state index in [2.05, 4.69) is 58.9 Å². The van der Waals surface area contributed by atoms with Gasteiger partial charge < -0.3 is 14.2 Å². The molecule has 4 aromatic carbocycles. The Bertz CT molecular complexity index is 1280. The Kier molecular flexibility index (Phi) is 7.26. The molecule has 1 atom stereocenters. The fourth-order valence-electron chi connectivity index (χ4n) is 4.45. The summed E-state index contributed by atoms with van der Waals surface area (Å²) in [5, 5.41) is 9.59. The van der Waals surface area contributed by atoms with Crippen LogP contribution >= 0.6 is 7.60 Å². The lowest BCUT2D eigenvalue weighted by Crippen LogP contribution is -2.18. The molecular formula is C32H35O4P. The van der Waals surface area contributed by atoms with Crippen molar-refractivity contribution in [2.45, 2.75) is 45.4 Å². The van der Waals surface area contributed by atoms with Crippen molar-refractivity contribution in [1.29, 1.82) is 0 Å². The van der Waals surface area contributed by atoms with Gasteiger partial charge >= 0.3 is 7.60 Å². The third-order valence-electron chi connectivity index (χ3n) is 7.06. The molecule has 0 spiro atoms. The zero-order valence-corrected chi connectivity index (χ0v) is 23.3. The van der Waals surface area contributed by atoms with Crippen LogP contribution in [0, 0.1) is 6.92 Å². The van der Waals surface area contributed by atoms with E-state index < -0.39 is 7.60 Å². The standard InChI is InChI=1S/C32H35O4P/c1-23-7-9-24(10-8-23)31(2,3)26-13-19-29(20-14-26)35-37(6,34)36-30-21-15-27(16-22-30)32(4,5)25-11-17-28(33)18-12-25/h7-22,33H,1-6H3. The summed E-state index contributed by atoms with van der Waals surface area (Å²) in [7, 11) is -3.40. The first-order chi connectivity index (χ1) is 17.4. The molecule has 0 aliphatic carbocycles. The van der Waals surface area contributed by atoms with E-state index in [0.717, 1.165) is 16.7 Å². The molecule has 0 radical (unpaired) electrons. The van der Waals surface area contributed by atoms with Gasteiger partial charge in [-0.3, -0.25) is 0 Å². The fourth-order valence-corrected chi connectivity index (χ4v) is 5.49. The van der Waals surface area contributed by atoms with Crippen molar-refractivity contribution in [1.82, 2.24) is 0 Å². The van der Waals surface area contributed by atoms with E-state index in [1.54, 1.807) is 12.1 Å². The average Bonchev–Trinajstić information content (AvgIpc) is 2.85. The summed E-state index contributed by atoms with van der Waals surface area (Å²) >= 11 is 0. The van der Waals surface area contributed by atoms with Crippen LogP contribution in [0.2, 0.25) is 0 Å². The highest BCUT2D eigenvalue weighted by Gasteiger charge is 2.26. The maximum absolute atomic E-state index is 13.2. The van der Waals surface area contributed by atoms with E-state index in [-0.39, 0.29) is 16.6 Å². The molecule has 5 heteroatoms. The van der Waals surface area contributed by atoms with Gasteiger partial charge in [-0.1, -0.05) is 93.9 Å². The van der Waals surface area contributed by atoms with Gasteiger partial charge in [0.15, 0.2) is 0 Å². The topological polar surface area (TPSA) is 55.8 Å². The normalized spacial score (nSPS) is 13.6. The van der Waals surface area contributed by atoms with Crippen molar-refractivity contribution in [3.05, 3.63) is 125 Å². The van der Waals surface area contributed by atoms with Crippen molar-refractivity contribution in [2.75, 3.05) is 6.66 Å². The van der Waals surface area contributed by atoms with Crippen LogP contribution in [0.4, 0.5) is 0 Å². The quantitative estimate of drug-likeness (QED) is 0.239. The van der Waals surface area contributed by atoms with Crippen LogP contribution in [0.1, 0.15) is 55.5 Å². The third-order valence-corrected chi connectivity index (χ3v) is 8.14. The molecule has 0 aliphatic heterocycles. The second-order valence-electron chi connectivity index (χ2n) is 10.7. The molecule has 192 valence electrons. The summed E-state index contributed by atoms with van der Waals surface area (Å²) < 4.78 is 24.7. The average molecular weight is 515 g/mol. The molecule has 0 aliphatic rings. The molecule has 0 amide bonds. The molecule has 0 saturated carbocycles. The van der Waals surface area contributed by atoms with E-state index >= 15 is 0 Å². The zero-order valence-electron chi connectivity index (χ0n) is 22.4. The predicted molar refractivity (Wildman–Crippen MR) is 151 cm³/mol. The van der Waals surface area contributed by atoms with Gasteiger partial charge in [-0.05, 0) is 65.6 Å². The smallest absolute Gasteiger partial charge is 0.427 e. The molecule has 0 fully saturated rings. The Morgan fingerprint density at radius 3 is 1.22 bits per heavy atom. The van der Waals surface area contributed by atoms with Crippen molar-refractivity contribution < 1.29 is 18.7 Å². The van der Waals surface area contributed by atoms with E-state index in [1.807, 2.05) is 60.7 Å². The second-order valence-corrected chi connectivity index (χ2v) is 12.6. The molecule has 37 heavy (non-hydrogen) atoms.